The van der Waals surface area contributed by atoms with Crippen LogP contribution in [0, 0.1) is 6.92 Å². The largest absolute Gasteiger partial charge is 0.394 e. The SMILES string of the molecule is Cc1nc2ccc(CNC(C)(C)CO)cc2[nH]1. The molecule has 2 rings (SSSR count). The van der Waals surface area contributed by atoms with E-state index >= 15 is 0 Å². The summed E-state index contributed by atoms with van der Waals surface area (Å²) in [5.41, 5.74) is 2.98. The molecule has 1 aromatic heterocycles. The van der Waals surface area contributed by atoms with Gasteiger partial charge in [0.2, 0.25) is 0 Å². The highest BCUT2D eigenvalue weighted by Gasteiger charge is 2.14. The quantitative estimate of drug-likeness (QED) is 0.753. The Morgan fingerprint density at radius 3 is 2.88 bits per heavy atom. The maximum absolute atomic E-state index is 9.17. The summed E-state index contributed by atoms with van der Waals surface area (Å²) in [4.78, 5) is 7.59. The van der Waals surface area contributed by atoms with Crippen LogP contribution in [0.15, 0.2) is 18.2 Å². The standard InChI is InChI=1S/C13H19N3O/c1-9-15-11-5-4-10(6-12(11)16-9)7-14-13(2,3)8-17/h4-6,14,17H,7-8H2,1-3H3,(H,15,16). The minimum atomic E-state index is -0.251. The average molecular weight is 233 g/mol. The van der Waals surface area contributed by atoms with Gasteiger partial charge in [-0.15, -0.1) is 0 Å². The molecule has 92 valence electrons. The lowest BCUT2D eigenvalue weighted by Crippen LogP contribution is -2.42. The Balaban J connectivity index is 2.14. The molecule has 0 fully saturated rings. The number of benzene rings is 1. The third-order valence-electron chi connectivity index (χ3n) is 2.83. The van der Waals surface area contributed by atoms with E-state index in [0.29, 0.717) is 0 Å². The molecule has 17 heavy (non-hydrogen) atoms. The lowest BCUT2D eigenvalue weighted by molar-refractivity contribution is 0.187. The Morgan fingerprint density at radius 2 is 2.18 bits per heavy atom. The molecule has 0 aliphatic rings. The van der Waals surface area contributed by atoms with Gasteiger partial charge >= 0.3 is 0 Å². The fraction of sp³-hybridized carbons (Fsp3) is 0.462. The summed E-state index contributed by atoms with van der Waals surface area (Å²) < 4.78 is 0. The number of aliphatic hydroxyl groups is 1. The Bertz CT molecular complexity index is 516. The maximum atomic E-state index is 9.17. The number of hydrogen-bond acceptors (Lipinski definition) is 3. The summed E-state index contributed by atoms with van der Waals surface area (Å²) in [5.74, 6) is 0.931. The molecule has 2 aromatic rings. The molecule has 0 saturated carbocycles. The first-order chi connectivity index (χ1) is 8.00. The summed E-state index contributed by atoms with van der Waals surface area (Å²) in [6, 6.07) is 6.17. The lowest BCUT2D eigenvalue weighted by Gasteiger charge is -2.23. The van der Waals surface area contributed by atoms with E-state index in [1.165, 1.54) is 5.56 Å². The van der Waals surface area contributed by atoms with E-state index in [4.69, 9.17) is 5.11 Å². The number of nitrogens with zero attached hydrogens (tertiary/aromatic N) is 1. The van der Waals surface area contributed by atoms with Crippen molar-refractivity contribution >= 4 is 11.0 Å². The molecule has 3 N–H and O–H groups in total. The highest BCUT2D eigenvalue weighted by atomic mass is 16.3. The van der Waals surface area contributed by atoms with Crippen LogP contribution in [0.1, 0.15) is 25.2 Å². The molecule has 0 atom stereocenters. The van der Waals surface area contributed by atoms with Gasteiger partial charge in [0.15, 0.2) is 0 Å². The maximum Gasteiger partial charge on any atom is 0.104 e. The van der Waals surface area contributed by atoms with Gasteiger partial charge in [-0.25, -0.2) is 4.98 Å². The summed E-state index contributed by atoms with van der Waals surface area (Å²) >= 11 is 0. The molecule has 4 nitrogen and oxygen atoms in total. The van der Waals surface area contributed by atoms with Crippen LogP contribution in [0.2, 0.25) is 0 Å². The van der Waals surface area contributed by atoms with Crippen molar-refractivity contribution in [3.63, 3.8) is 0 Å². The first-order valence-electron chi connectivity index (χ1n) is 5.81. The van der Waals surface area contributed by atoms with Crippen molar-refractivity contribution in [3.8, 4) is 0 Å². The van der Waals surface area contributed by atoms with Crippen LogP contribution < -0.4 is 5.32 Å². The molecule has 4 heteroatoms. The van der Waals surface area contributed by atoms with Crippen molar-refractivity contribution in [2.75, 3.05) is 6.61 Å². The number of aromatic nitrogens is 2. The van der Waals surface area contributed by atoms with E-state index in [0.717, 1.165) is 23.4 Å². The van der Waals surface area contributed by atoms with Crippen molar-refractivity contribution in [2.24, 2.45) is 0 Å². The first-order valence-corrected chi connectivity index (χ1v) is 5.81. The molecule has 0 unspecified atom stereocenters. The van der Waals surface area contributed by atoms with E-state index in [2.05, 4.69) is 27.4 Å². The Kier molecular flexibility index (Phi) is 3.17. The summed E-state index contributed by atoms with van der Waals surface area (Å²) in [6.45, 7) is 6.77. The van der Waals surface area contributed by atoms with Crippen molar-refractivity contribution in [1.82, 2.24) is 15.3 Å². The average Bonchev–Trinajstić information content (AvgIpc) is 2.66. The zero-order valence-electron chi connectivity index (χ0n) is 10.5. The molecule has 1 heterocycles. The van der Waals surface area contributed by atoms with E-state index in [-0.39, 0.29) is 12.1 Å². The fourth-order valence-corrected chi connectivity index (χ4v) is 1.69. The minimum absolute atomic E-state index is 0.123. The molecule has 0 saturated heterocycles. The number of fused-ring (bicyclic) bond motifs is 1. The lowest BCUT2D eigenvalue weighted by atomic mass is 10.1. The molecular formula is C13H19N3O. The van der Waals surface area contributed by atoms with Gasteiger partial charge < -0.3 is 15.4 Å². The molecule has 0 spiro atoms. The van der Waals surface area contributed by atoms with Crippen LogP contribution in [0.3, 0.4) is 0 Å². The van der Waals surface area contributed by atoms with Crippen LogP contribution >= 0.6 is 0 Å². The van der Waals surface area contributed by atoms with E-state index < -0.39 is 0 Å². The van der Waals surface area contributed by atoms with Gasteiger partial charge in [-0.2, -0.15) is 0 Å². The second kappa shape index (κ2) is 4.47. The Hall–Kier alpha value is -1.39. The smallest absolute Gasteiger partial charge is 0.104 e. The van der Waals surface area contributed by atoms with Crippen molar-refractivity contribution < 1.29 is 5.11 Å². The molecule has 0 aliphatic heterocycles. The molecule has 0 aliphatic carbocycles. The summed E-state index contributed by atoms with van der Waals surface area (Å²) in [6.07, 6.45) is 0. The van der Waals surface area contributed by atoms with E-state index in [1.54, 1.807) is 0 Å². The Labute approximate surface area is 101 Å². The minimum Gasteiger partial charge on any atom is -0.394 e. The van der Waals surface area contributed by atoms with Crippen LogP contribution in [-0.4, -0.2) is 27.2 Å². The Morgan fingerprint density at radius 1 is 1.41 bits per heavy atom. The predicted octanol–water partition coefficient (Wildman–Crippen LogP) is 1.73. The topological polar surface area (TPSA) is 60.9 Å². The van der Waals surface area contributed by atoms with Gasteiger partial charge in [-0.05, 0) is 38.5 Å². The number of hydrogen-bond donors (Lipinski definition) is 3. The molecule has 0 amide bonds. The van der Waals surface area contributed by atoms with E-state index in [9.17, 15) is 0 Å². The van der Waals surface area contributed by atoms with Gasteiger partial charge in [-0.1, -0.05) is 6.07 Å². The van der Waals surface area contributed by atoms with Crippen LogP contribution in [0.4, 0.5) is 0 Å². The van der Waals surface area contributed by atoms with Crippen LogP contribution in [0.5, 0.6) is 0 Å². The van der Waals surface area contributed by atoms with Crippen molar-refractivity contribution in [3.05, 3.63) is 29.6 Å². The van der Waals surface area contributed by atoms with Crippen molar-refractivity contribution in [2.45, 2.75) is 32.9 Å². The van der Waals surface area contributed by atoms with Gasteiger partial charge in [0.05, 0.1) is 17.6 Å². The number of H-pyrrole nitrogens is 1. The summed E-state index contributed by atoms with van der Waals surface area (Å²) in [5, 5.41) is 12.5. The predicted molar refractivity (Wildman–Crippen MR) is 68.8 cm³/mol. The van der Waals surface area contributed by atoms with Gasteiger partial charge in [0.25, 0.3) is 0 Å². The number of aliphatic hydroxyl groups excluding tert-OH is 1. The number of nitrogens with one attached hydrogen (secondary N) is 2. The van der Waals surface area contributed by atoms with Crippen LogP contribution in [0.25, 0.3) is 11.0 Å². The molecule has 0 radical (unpaired) electrons. The normalized spacial score (nSPS) is 12.2. The van der Waals surface area contributed by atoms with Gasteiger partial charge in [-0.3, -0.25) is 0 Å². The number of aryl methyl sites for hydroxylation is 1. The highest BCUT2D eigenvalue weighted by molar-refractivity contribution is 5.75. The zero-order chi connectivity index (χ0) is 12.5. The molecule has 1 aromatic carbocycles. The first kappa shape index (κ1) is 12.1. The number of rotatable bonds is 4. The second-order valence-corrected chi connectivity index (χ2v) is 5.07. The van der Waals surface area contributed by atoms with Gasteiger partial charge in [0.1, 0.15) is 5.82 Å². The van der Waals surface area contributed by atoms with Crippen molar-refractivity contribution in [1.29, 1.82) is 0 Å². The van der Waals surface area contributed by atoms with Crippen LogP contribution in [-0.2, 0) is 6.54 Å². The molecular weight excluding hydrogens is 214 g/mol. The van der Waals surface area contributed by atoms with E-state index in [1.807, 2.05) is 26.8 Å². The third kappa shape index (κ3) is 2.84. The monoisotopic (exact) mass is 233 g/mol. The fourth-order valence-electron chi connectivity index (χ4n) is 1.69. The molecule has 0 bridgehead atoms. The number of aromatic amines is 1. The zero-order valence-corrected chi connectivity index (χ0v) is 10.5. The van der Waals surface area contributed by atoms with Gasteiger partial charge in [0, 0.05) is 12.1 Å². The second-order valence-electron chi connectivity index (χ2n) is 5.07. The highest BCUT2D eigenvalue weighted by Crippen LogP contribution is 2.14. The third-order valence-corrected chi connectivity index (χ3v) is 2.83. The summed E-state index contributed by atoms with van der Waals surface area (Å²) in [7, 11) is 0. The number of imidazole rings is 1.